The molecule has 1 aliphatic rings. The smallest absolute Gasteiger partial charge is 0.408 e. The van der Waals surface area contributed by atoms with Crippen LogP contribution in [0.25, 0.3) is 0 Å². The molecular weight excluding hydrogens is 402 g/mol. The van der Waals surface area contributed by atoms with Gasteiger partial charge in [0.1, 0.15) is 11.6 Å². The van der Waals surface area contributed by atoms with Crippen molar-refractivity contribution in [3.63, 3.8) is 0 Å². The molecule has 1 heterocycles. The van der Waals surface area contributed by atoms with Gasteiger partial charge >= 0.3 is 6.09 Å². The van der Waals surface area contributed by atoms with Crippen molar-refractivity contribution >= 4 is 17.7 Å². The van der Waals surface area contributed by atoms with Crippen LogP contribution in [-0.2, 0) is 22.5 Å². The van der Waals surface area contributed by atoms with Crippen molar-refractivity contribution in [2.75, 3.05) is 18.4 Å². The van der Waals surface area contributed by atoms with Gasteiger partial charge in [-0.2, -0.15) is 0 Å². The number of benzene rings is 2. The molecule has 172 valence electrons. The number of ether oxygens (including phenoxy) is 1. The zero-order valence-electron chi connectivity index (χ0n) is 19.4. The lowest BCUT2D eigenvalue weighted by atomic mass is 10.1. The van der Waals surface area contributed by atoms with Gasteiger partial charge in [0, 0.05) is 18.7 Å². The highest BCUT2D eigenvalue weighted by molar-refractivity contribution is 5.96. The van der Waals surface area contributed by atoms with Crippen molar-refractivity contribution < 1.29 is 14.3 Å². The second-order valence-electron chi connectivity index (χ2n) is 9.41. The molecule has 0 spiro atoms. The third-order valence-corrected chi connectivity index (χ3v) is 5.37. The molecule has 1 fully saturated rings. The molecular formula is C26H35N3O3. The summed E-state index contributed by atoms with van der Waals surface area (Å²) in [4.78, 5) is 27.8. The number of nitrogens with zero attached hydrogens (tertiary/aromatic N) is 1. The molecule has 1 unspecified atom stereocenters. The third kappa shape index (κ3) is 8.00. The molecule has 6 heteroatoms. The number of carbonyl (C=O) groups is 2. The number of amides is 2. The monoisotopic (exact) mass is 437 g/mol. The highest BCUT2D eigenvalue weighted by Gasteiger charge is 2.25. The zero-order chi connectivity index (χ0) is 23.0. The Balaban J connectivity index is 1.63. The molecule has 0 bridgehead atoms. The van der Waals surface area contributed by atoms with E-state index in [0.29, 0.717) is 12.1 Å². The molecule has 32 heavy (non-hydrogen) atoms. The van der Waals surface area contributed by atoms with Gasteiger partial charge in [-0.15, -0.1) is 0 Å². The first-order valence-electron chi connectivity index (χ1n) is 11.4. The lowest BCUT2D eigenvalue weighted by Crippen LogP contribution is -2.47. The Kier molecular flexibility index (Phi) is 8.28. The van der Waals surface area contributed by atoms with E-state index in [1.54, 1.807) is 20.8 Å². The minimum absolute atomic E-state index is 0.275. The molecule has 2 aromatic carbocycles. The minimum atomic E-state index is -0.750. The van der Waals surface area contributed by atoms with Crippen LogP contribution in [-0.4, -0.2) is 41.6 Å². The Labute approximate surface area is 191 Å². The molecule has 2 amide bonds. The SMILES string of the molecule is CC(C)(C)OC(=O)NC(Cc1ccccc1)C(=O)Nc1ccc(CN2CCCCC2)cc1. The van der Waals surface area contributed by atoms with Crippen LogP contribution >= 0.6 is 0 Å². The lowest BCUT2D eigenvalue weighted by Gasteiger charge is -2.26. The van der Waals surface area contributed by atoms with E-state index in [2.05, 4.69) is 27.7 Å². The van der Waals surface area contributed by atoms with E-state index in [1.807, 2.05) is 42.5 Å². The number of nitrogens with one attached hydrogen (secondary N) is 2. The molecule has 2 aromatic rings. The fourth-order valence-electron chi connectivity index (χ4n) is 3.81. The van der Waals surface area contributed by atoms with Crippen LogP contribution in [0.1, 0.15) is 51.2 Å². The number of likely N-dealkylation sites (tertiary alicyclic amines) is 1. The Morgan fingerprint density at radius 3 is 2.22 bits per heavy atom. The van der Waals surface area contributed by atoms with Gasteiger partial charge < -0.3 is 15.4 Å². The first kappa shape index (κ1) is 23.8. The fourth-order valence-corrected chi connectivity index (χ4v) is 3.81. The van der Waals surface area contributed by atoms with Crippen LogP contribution in [0.3, 0.4) is 0 Å². The first-order valence-corrected chi connectivity index (χ1v) is 11.4. The number of rotatable bonds is 7. The van der Waals surface area contributed by atoms with E-state index in [-0.39, 0.29) is 5.91 Å². The van der Waals surface area contributed by atoms with Crippen LogP contribution in [0.5, 0.6) is 0 Å². The van der Waals surface area contributed by atoms with E-state index < -0.39 is 17.7 Å². The quantitative estimate of drug-likeness (QED) is 0.656. The normalized spacial score (nSPS) is 15.6. The van der Waals surface area contributed by atoms with Gasteiger partial charge in [-0.3, -0.25) is 9.69 Å². The van der Waals surface area contributed by atoms with Gasteiger partial charge in [-0.05, 0) is 70.0 Å². The molecule has 0 radical (unpaired) electrons. The predicted molar refractivity (Wildman–Crippen MR) is 128 cm³/mol. The summed E-state index contributed by atoms with van der Waals surface area (Å²) in [6.07, 6.45) is 3.62. The van der Waals surface area contributed by atoms with E-state index in [9.17, 15) is 9.59 Å². The third-order valence-electron chi connectivity index (χ3n) is 5.37. The van der Waals surface area contributed by atoms with Crippen molar-refractivity contribution in [2.24, 2.45) is 0 Å². The van der Waals surface area contributed by atoms with Crippen LogP contribution in [0.2, 0.25) is 0 Å². The van der Waals surface area contributed by atoms with E-state index in [4.69, 9.17) is 4.74 Å². The number of carbonyl (C=O) groups excluding carboxylic acids is 2. The Bertz CT molecular complexity index is 869. The van der Waals surface area contributed by atoms with E-state index in [0.717, 1.165) is 25.2 Å². The fraction of sp³-hybridized carbons (Fsp3) is 0.462. The van der Waals surface area contributed by atoms with Crippen LogP contribution < -0.4 is 10.6 Å². The van der Waals surface area contributed by atoms with Crippen molar-refractivity contribution in [3.05, 3.63) is 65.7 Å². The van der Waals surface area contributed by atoms with Crippen LogP contribution in [0.4, 0.5) is 10.5 Å². The Hall–Kier alpha value is -2.86. The second-order valence-corrected chi connectivity index (χ2v) is 9.41. The number of piperidine rings is 1. The topological polar surface area (TPSA) is 70.7 Å². The second kappa shape index (κ2) is 11.1. The average Bonchev–Trinajstić information content (AvgIpc) is 2.75. The summed E-state index contributed by atoms with van der Waals surface area (Å²) in [7, 11) is 0. The standard InChI is InChI=1S/C26H35N3O3/c1-26(2,3)32-25(31)28-23(18-20-10-6-4-7-11-20)24(30)27-22-14-12-21(13-15-22)19-29-16-8-5-9-17-29/h4,6-7,10-15,23H,5,8-9,16-19H2,1-3H3,(H,27,30)(H,28,31). The number of hydrogen-bond acceptors (Lipinski definition) is 4. The molecule has 3 rings (SSSR count). The van der Waals surface area contributed by atoms with Crippen LogP contribution in [0.15, 0.2) is 54.6 Å². The van der Waals surface area contributed by atoms with Gasteiger partial charge in [0.15, 0.2) is 0 Å². The van der Waals surface area contributed by atoms with E-state index >= 15 is 0 Å². The molecule has 0 aliphatic carbocycles. The predicted octanol–water partition coefficient (Wildman–Crippen LogP) is 4.75. The maximum atomic E-state index is 13.0. The number of anilines is 1. The summed E-state index contributed by atoms with van der Waals surface area (Å²) in [5, 5.41) is 5.67. The summed E-state index contributed by atoms with van der Waals surface area (Å²) in [5.41, 5.74) is 2.27. The van der Waals surface area contributed by atoms with Gasteiger partial charge in [0.2, 0.25) is 5.91 Å². The molecule has 0 saturated carbocycles. The highest BCUT2D eigenvalue weighted by atomic mass is 16.6. The first-order chi connectivity index (χ1) is 15.3. The summed E-state index contributed by atoms with van der Waals surface area (Å²) in [5.74, 6) is -0.275. The summed E-state index contributed by atoms with van der Waals surface area (Å²) < 4.78 is 5.36. The molecule has 1 saturated heterocycles. The molecule has 0 aromatic heterocycles. The molecule has 6 nitrogen and oxygen atoms in total. The van der Waals surface area contributed by atoms with Crippen molar-refractivity contribution in [1.82, 2.24) is 10.2 Å². The Morgan fingerprint density at radius 2 is 1.59 bits per heavy atom. The van der Waals surface area contributed by atoms with Gasteiger partial charge in [0.05, 0.1) is 0 Å². The summed E-state index contributed by atoms with van der Waals surface area (Å²) in [6.45, 7) is 8.62. The molecule has 1 atom stereocenters. The van der Waals surface area contributed by atoms with Crippen molar-refractivity contribution in [2.45, 2.75) is 64.6 Å². The Morgan fingerprint density at radius 1 is 0.938 bits per heavy atom. The number of hydrogen-bond donors (Lipinski definition) is 2. The summed E-state index contributed by atoms with van der Waals surface area (Å²) in [6, 6.07) is 16.8. The van der Waals surface area contributed by atoms with Gasteiger partial charge in [-0.25, -0.2) is 4.79 Å². The largest absolute Gasteiger partial charge is 0.444 e. The number of alkyl carbamates (subject to hydrolysis) is 1. The maximum Gasteiger partial charge on any atom is 0.408 e. The van der Waals surface area contributed by atoms with E-state index in [1.165, 1.54) is 24.8 Å². The maximum absolute atomic E-state index is 13.0. The highest BCUT2D eigenvalue weighted by Crippen LogP contribution is 2.16. The van der Waals surface area contributed by atoms with Crippen molar-refractivity contribution in [3.8, 4) is 0 Å². The lowest BCUT2D eigenvalue weighted by molar-refractivity contribution is -0.118. The minimum Gasteiger partial charge on any atom is -0.444 e. The summed E-state index contributed by atoms with van der Waals surface area (Å²) >= 11 is 0. The van der Waals surface area contributed by atoms with Crippen LogP contribution in [0, 0.1) is 0 Å². The average molecular weight is 438 g/mol. The van der Waals surface area contributed by atoms with Gasteiger partial charge in [0.25, 0.3) is 0 Å². The van der Waals surface area contributed by atoms with Crippen molar-refractivity contribution in [1.29, 1.82) is 0 Å². The zero-order valence-corrected chi connectivity index (χ0v) is 19.4. The molecule has 2 N–H and O–H groups in total. The molecule has 1 aliphatic heterocycles. The van der Waals surface area contributed by atoms with Gasteiger partial charge in [-0.1, -0.05) is 48.9 Å².